The van der Waals surface area contributed by atoms with Crippen LogP contribution >= 0.6 is 11.6 Å². The normalized spacial score (nSPS) is 11.8. The van der Waals surface area contributed by atoms with Crippen molar-refractivity contribution < 1.29 is 9.15 Å². The van der Waals surface area contributed by atoms with Crippen molar-refractivity contribution in [3.63, 3.8) is 0 Å². The monoisotopic (exact) mass is 394 g/mol. The number of hydrogen-bond donors (Lipinski definition) is 0. The van der Waals surface area contributed by atoms with E-state index in [0.29, 0.717) is 28.4 Å². The number of benzene rings is 2. The number of aromatic nitrogens is 4. The summed E-state index contributed by atoms with van der Waals surface area (Å²) in [6.07, 6.45) is 0. The first-order valence-corrected chi connectivity index (χ1v) is 9.19. The second-order valence-corrected chi connectivity index (χ2v) is 7.82. The molecule has 6 nitrogen and oxygen atoms in total. The smallest absolute Gasteiger partial charge is 0.269 e. The van der Waals surface area contributed by atoms with Gasteiger partial charge in [0.15, 0.2) is 10.8 Å². The van der Waals surface area contributed by atoms with Crippen molar-refractivity contribution in [3.05, 3.63) is 53.2 Å². The van der Waals surface area contributed by atoms with Crippen LogP contribution in [0, 0.1) is 0 Å². The number of halogens is 1. The van der Waals surface area contributed by atoms with E-state index in [-0.39, 0.29) is 16.5 Å². The van der Waals surface area contributed by atoms with Crippen molar-refractivity contribution in [2.75, 3.05) is 7.11 Å². The van der Waals surface area contributed by atoms with Gasteiger partial charge in [-0.15, -0.1) is 10.2 Å². The predicted molar refractivity (Wildman–Crippen MR) is 109 cm³/mol. The molecule has 4 aromatic rings. The van der Waals surface area contributed by atoms with E-state index in [1.165, 1.54) is 5.56 Å². The van der Waals surface area contributed by atoms with E-state index < -0.39 is 0 Å². The van der Waals surface area contributed by atoms with Gasteiger partial charge in [-0.2, -0.15) is 0 Å². The van der Waals surface area contributed by atoms with Gasteiger partial charge in [-0.05, 0) is 35.2 Å². The zero-order chi connectivity index (χ0) is 19.9. The zero-order valence-corrected chi connectivity index (χ0v) is 16.8. The second kappa shape index (κ2) is 6.87. The zero-order valence-electron chi connectivity index (χ0n) is 16.0. The molecule has 2 heterocycles. The number of rotatable bonds is 3. The number of hydrogen-bond acceptors (Lipinski definition) is 6. The van der Waals surface area contributed by atoms with Crippen molar-refractivity contribution >= 4 is 22.6 Å². The Bertz CT molecular complexity index is 1150. The van der Waals surface area contributed by atoms with Gasteiger partial charge in [0.2, 0.25) is 5.89 Å². The van der Waals surface area contributed by atoms with Gasteiger partial charge in [0, 0.05) is 11.6 Å². The molecule has 0 fully saturated rings. The van der Waals surface area contributed by atoms with Crippen LogP contribution in [0.4, 0.5) is 0 Å². The largest absolute Gasteiger partial charge is 0.497 e. The molecule has 0 aliphatic carbocycles. The number of methoxy groups -OCH3 is 1. The van der Waals surface area contributed by atoms with Gasteiger partial charge >= 0.3 is 0 Å². The summed E-state index contributed by atoms with van der Waals surface area (Å²) >= 11 is 6.30. The highest BCUT2D eigenvalue weighted by Gasteiger charge is 2.18. The Balaban J connectivity index is 1.71. The maximum absolute atomic E-state index is 6.30. The first-order valence-electron chi connectivity index (χ1n) is 8.81. The van der Waals surface area contributed by atoms with E-state index in [0.717, 1.165) is 5.56 Å². The molecule has 0 saturated carbocycles. The molecule has 0 spiro atoms. The van der Waals surface area contributed by atoms with Crippen LogP contribution in [0.5, 0.6) is 5.75 Å². The summed E-state index contributed by atoms with van der Waals surface area (Å²) in [5.74, 6) is 1.30. The molecule has 0 aliphatic rings. The Hall–Kier alpha value is -2.99. The Morgan fingerprint density at radius 2 is 1.61 bits per heavy atom. The molecular weight excluding hydrogens is 376 g/mol. The molecule has 2 aromatic heterocycles. The first kappa shape index (κ1) is 18.4. The molecule has 2 aromatic carbocycles. The molecule has 0 saturated heterocycles. The Kier molecular flexibility index (Phi) is 4.51. The van der Waals surface area contributed by atoms with E-state index in [1.54, 1.807) is 25.3 Å². The fourth-order valence-corrected chi connectivity index (χ4v) is 3.04. The van der Waals surface area contributed by atoms with Gasteiger partial charge in [-0.1, -0.05) is 44.5 Å². The maximum atomic E-state index is 6.30. The Morgan fingerprint density at radius 1 is 0.893 bits per heavy atom. The highest BCUT2D eigenvalue weighted by molar-refractivity contribution is 6.32. The molecular formula is C21H19ClN4O2. The summed E-state index contributed by atoms with van der Waals surface area (Å²) in [4.78, 5) is 8.90. The lowest BCUT2D eigenvalue weighted by atomic mass is 9.87. The average molecular weight is 395 g/mol. The van der Waals surface area contributed by atoms with Crippen molar-refractivity contribution in [1.82, 2.24) is 20.2 Å². The van der Waals surface area contributed by atoms with E-state index in [2.05, 4.69) is 53.1 Å². The summed E-state index contributed by atoms with van der Waals surface area (Å²) < 4.78 is 11.1. The molecule has 0 N–H and O–H groups in total. The van der Waals surface area contributed by atoms with E-state index in [9.17, 15) is 0 Å². The number of nitrogens with zero attached hydrogens (tertiary/aromatic N) is 4. The third-order valence-corrected chi connectivity index (χ3v) is 4.72. The van der Waals surface area contributed by atoms with Gasteiger partial charge in [-0.25, -0.2) is 9.97 Å². The van der Waals surface area contributed by atoms with Gasteiger partial charge in [0.25, 0.3) is 5.89 Å². The summed E-state index contributed by atoms with van der Waals surface area (Å²) in [7, 11) is 1.60. The molecule has 0 amide bonds. The SMILES string of the molecule is COc1ccc2nc(Cl)c(-c3nnc(-c4ccc(C(C)(C)C)cc4)o3)nc2c1. The average Bonchev–Trinajstić information content (AvgIpc) is 3.16. The highest BCUT2D eigenvalue weighted by atomic mass is 35.5. The van der Waals surface area contributed by atoms with Crippen LogP contribution in [-0.4, -0.2) is 27.3 Å². The summed E-state index contributed by atoms with van der Waals surface area (Å²) in [6.45, 7) is 6.51. The third-order valence-electron chi connectivity index (χ3n) is 4.45. The predicted octanol–water partition coefficient (Wildman–Crippen LogP) is 5.31. The van der Waals surface area contributed by atoms with Crippen LogP contribution < -0.4 is 4.74 Å². The minimum atomic E-state index is 0.0772. The highest BCUT2D eigenvalue weighted by Crippen LogP contribution is 2.30. The Morgan fingerprint density at radius 3 is 2.29 bits per heavy atom. The molecule has 7 heteroatoms. The molecule has 0 radical (unpaired) electrons. The van der Waals surface area contributed by atoms with Crippen LogP contribution in [0.3, 0.4) is 0 Å². The van der Waals surface area contributed by atoms with Crippen molar-refractivity contribution in [3.8, 4) is 28.8 Å². The molecule has 4 rings (SSSR count). The minimum absolute atomic E-state index is 0.0772. The second-order valence-electron chi connectivity index (χ2n) is 7.46. The summed E-state index contributed by atoms with van der Waals surface area (Å²) in [5, 5.41) is 8.46. The molecule has 0 unspecified atom stereocenters. The van der Waals surface area contributed by atoms with Gasteiger partial charge < -0.3 is 9.15 Å². The molecule has 0 atom stereocenters. The van der Waals surface area contributed by atoms with Crippen LogP contribution in [0.2, 0.25) is 5.15 Å². The molecule has 0 bridgehead atoms. The third kappa shape index (κ3) is 3.43. The van der Waals surface area contributed by atoms with Crippen molar-refractivity contribution in [2.45, 2.75) is 26.2 Å². The first-order chi connectivity index (χ1) is 13.3. The lowest BCUT2D eigenvalue weighted by Crippen LogP contribution is -2.10. The molecule has 142 valence electrons. The van der Waals surface area contributed by atoms with E-state index in [4.69, 9.17) is 20.8 Å². The number of fused-ring (bicyclic) bond motifs is 1. The number of ether oxygens (including phenoxy) is 1. The molecule has 0 aliphatic heterocycles. The van der Waals surface area contributed by atoms with Crippen LogP contribution in [0.15, 0.2) is 46.9 Å². The quantitative estimate of drug-likeness (QED) is 0.469. The topological polar surface area (TPSA) is 73.9 Å². The van der Waals surface area contributed by atoms with Crippen molar-refractivity contribution in [1.29, 1.82) is 0 Å². The fraction of sp³-hybridized carbons (Fsp3) is 0.238. The maximum Gasteiger partial charge on any atom is 0.269 e. The van der Waals surface area contributed by atoms with E-state index in [1.807, 2.05) is 12.1 Å². The van der Waals surface area contributed by atoms with Crippen LogP contribution in [0.25, 0.3) is 34.1 Å². The summed E-state index contributed by atoms with van der Waals surface area (Å²) in [5.41, 5.74) is 3.77. The lowest BCUT2D eigenvalue weighted by Gasteiger charge is -2.18. The van der Waals surface area contributed by atoms with Gasteiger partial charge in [0.1, 0.15) is 5.75 Å². The van der Waals surface area contributed by atoms with Crippen molar-refractivity contribution in [2.24, 2.45) is 0 Å². The minimum Gasteiger partial charge on any atom is -0.497 e. The van der Waals surface area contributed by atoms with Crippen LogP contribution in [-0.2, 0) is 5.41 Å². The fourth-order valence-electron chi connectivity index (χ4n) is 2.82. The van der Waals surface area contributed by atoms with E-state index >= 15 is 0 Å². The molecule has 28 heavy (non-hydrogen) atoms. The lowest BCUT2D eigenvalue weighted by molar-refractivity contribution is 0.415. The summed E-state index contributed by atoms with van der Waals surface area (Å²) in [6, 6.07) is 13.5. The van der Waals surface area contributed by atoms with Gasteiger partial charge in [-0.3, -0.25) is 0 Å². The van der Waals surface area contributed by atoms with Gasteiger partial charge in [0.05, 0.1) is 18.1 Å². The van der Waals surface area contributed by atoms with Crippen LogP contribution in [0.1, 0.15) is 26.3 Å². The Labute approximate surface area is 167 Å². The standard InChI is InChI=1S/C21H19ClN4O2/c1-21(2,3)13-7-5-12(6-8-13)19-25-26-20(28-19)17-18(22)24-15-10-9-14(27-4)11-16(15)23-17/h5-11H,1-4H3.